The van der Waals surface area contributed by atoms with Crippen LogP contribution >= 0.6 is 0 Å². The van der Waals surface area contributed by atoms with Gasteiger partial charge in [-0.1, -0.05) is 59.7 Å². The number of ether oxygens (including phenoxy) is 2. The van der Waals surface area contributed by atoms with Crippen LogP contribution in [0.5, 0.6) is 11.5 Å². The smallest absolute Gasteiger partial charge is 0.231 e. The molecule has 0 aliphatic carbocycles. The Labute approximate surface area is 179 Å². The highest BCUT2D eigenvalue weighted by Crippen LogP contribution is 2.35. The Hall–Kier alpha value is -3.86. The van der Waals surface area contributed by atoms with Gasteiger partial charge in [-0.25, -0.2) is 0 Å². The normalized spacial score (nSPS) is 12.3. The molecule has 1 aliphatic rings. The van der Waals surface area contributed by atoms with Gasteiger partial charge in [0.15, 0.2) is 17.3 Å². The van der Waals surface area contributed by atoms with Gasteiger partial charge in [-0.3, -0.25) is 9.59 Å². The maximum absolute atomic E-state index is 13.3. The van der Waals surface area contributed by atoms with Crippen molar-refractivity contribution in [2.75, 3.05) is 6.79 Å². The fourth-order valence-corrected chi connectivity index (χ4v) is 3.94. The van der Waals surface area contributed by atoms with E-state index in [0.717, 1.165) is 16.7 Å². The standard InChI is InChI=1S/C26H21NO4/c1-16-6-8-19(9-7-16)25(28)21-14-27(13-18-5-3-4-17(2)10-18)22-12-24-23(30-15-31-24)11-20(22)26(21)29/h3-12,14H,13,15H2,1-2H3. The molecule has 154 valence electrons. The third-order valence-electron chi connectivity index (χ3n) is 5.57. The van der Waals surface area contributed by atoms with E-state index in [1.165, 1.54) is 0 Å². The number of aryl methyl sites for hydroxylation is 2. The molecule has 1 aromatic heterocycles. The summed E-state index contributed by atoms with van der Waals surface area (Å²) in [6, 6.07) is 18.9. The number of rotatable bonds is 4. The number of fused-ring (bicyclic) bond motifs is 2. The molecule has 0 bridgehead atoms. The molecule has 0 fully saturated rings. The lowest BCUT2D eigenvalue weighted by Crippen LogP contribution is -2.20. The van der Waals surface area contributed by atoms with E-state index in [9.17, 15) is 9.59 Å². The summed E-state index contributed by atoms with van der Waals surface area (Å²) >= 11 is 0. The number of hydrogen-bond donors (Lipinski definition) is 0. The van der Waals surface area contributed by atoms with Crippen LogP contribution in [0.1, 0.15) is 32.6 Å². The molecule has 0 atom stereocenters. The lowest BCUT2D eigenvalue weighted by atomic mass is 10.0. The Balaban J connectivity index is 1.71. The fraction of sp³-hybridized carbons (Fsp3) is 0.154. The molecule has 0 unspecified atom stereocenters. The van der Waals surface area contributed by atoms with E-state index >= 15 is 0 Å². The van der Waals surface area contributed by atoms with E-state index in [1.54, 1.807) is 24.4 Å². The average Bonchev–Trinajstić information content (AvgIpc) is 3.22. The van der Waals surface area contributed by atoms with Crippen LogP contribution in [0.25, 0.3) is 10.9 Å². The van der Waals surface area contributed by atoms with E-state index in [2.05, 4.69) is 6.07 Å². The summed E-state index contributed by atoms with van der Waals surface area (Å²) < 4.78 is 12.9. The van der Waals surface area contributed by atoms with Crippen LogP contribution < -0.4 is 14.9 Å². The highest BCUT2D eigenvalue weighted by Gasteiger charge is 2.21. The molecule has 0 amide bonds. The average molecular weight is 411 g/mol. The summed E-state index contributed by atoms with van der Waals surface area (Å²) in [6.07, 6.45) is 1.66. The van der Waals surface area contributed by atoms with Gasteiger partial charge in [0.1, 0.15) is 0 Å². The lowest BCUT2D eigenvalue weighted by molar-refractivity contribution is 0.103. The molecule has 31 heavy (non-hydrogen) atoms. The van der Waals surface area contributed by atoms with Gasteiger partial charge in [0, 0.05) is 24.4 Å². The van der Waals surface area contributed by atoms with Gasteiger partial charge in [0.25, 0.3) is 0 Å². The second-order valence-corrected chi connectivity index (χ2v) is 7.91. The molecule has 0 spiro atoms. The first kappa shape index (κ1) is 19.1. The molecule has 0 radical (unpaired) electrons. The number of carbonyl (C=O) groups excluding carboxylic acids is 1. The van der Waals surface area contributed by atoms with Crippen molar-refractivity contribution in [3.63, 3.8) is 0 Å². The Kier molecular flexibility index (Phi) is 4.59. The first-order chi connectivity index (χ1) is 15.0. The predicted molar refractivity (Wildman–Crippen MR) is 119 cm³/mol. The molecule has 5 rings (SSSR count). The number of pyridine rings is 1. The van der Waals surface area contributed by atoms with E-state index in [4.69, 9.17) is 9.47 Å². The largest absolute Gasteiger partial charge is 0.454 e. The third kappa shape index (κ3) is 3.48. The van der Waals surface area contributed by atoms with Crippen molar-refractivity contribution in [1.82, 2.24) is 4.57 Å². The van der Waals surface area contributed by atoms with Crippen LogP contribution in [0, 0.1) is 13.8 Å². The van der Waals surface area contributed by atoms with Crippen LogP contribution in [0.4, 0.5) is 0 Å². The molecule has 5 heteroatoms. The summed E-state index contributed by atoms with van der Waals surface area (Å²) in [7, 11) is 0. The summed E-state index contributed by atoms with van der Waals surface area (Å²) in [5, 5.41) is 0.440. The number of hydrogen-bond acceptors (Lipinski definition) is 4. The number of nitrogens with zero attached hydrogens (tertiary/aromatic N) is 1. The molecule has 2 heterocycles. The summed E-state index contributed by atoms with van der Waals surface area (Å²) in [5.41, 5.74) is 4.32. The van der Waals surface area contributed by atoms with Crippen molar-refractivity contribution in [3.8, 4) is 11.5 Å². The monoisotopic (exact) mass is 411 g/mol. The third-order valence-corrected chi connectivity index (χ3v) is 5.57. The van der Waals surface area contributed by atoms with Crippen molar-refractivity contribution in [2.45, 2.75) is 20.4 Å². The van der Waals surface area contributed by atoms with E-state index < -0.39 is 0 Å². The first-order valence-corrected chi connectivity index (χ1v) is 10.1. The van der Waals surface area contributed by atoms with E-state index in [-0.39, 0.29) is 23.6 Å². The van der Waals surface area contributed by atoms with Gasteiger partial charge in [0.05, 0.1) is 16.5 Å². The number of carbonyl (C=O) groups is 1. The van der Waals surface area contributed by atoms with E-state index in [0.29, 0.717) is 34.5 Å². The van der Waals surface area contributed by atoms with Gasteiger partial charge in [-0.2, -0.15) is 0 Å². The second-order valence-electron chi connectivity index (χ2n) is 7.91. The number of benzene rings is 3. The Bertz CT molecular complexity index is 1380. The second kappa shape index (κ2) is 7.43. The van der Waals surface area contributed by atoms with Gasteiger partial charge in [-0.15, -0.1) is 0 Å². The Morgan fingerprint density at radius 1 is 0.935 bits per heavy atom. The maximum Gasteiger partial charge on any atom is 0.231 e. The zero-order valence-electron chi connectivity index (χ0n) is 17.3. The SMILES string of the molecule is Cc1ccc(C(=O)c2cn(Cc3cccc(C)c3)c3cc4c(cc3c2=O)OCO4)cc1. The minimum atomic E-state index is -0.306. The van der Waals surface area contributed by atoms with Gasteiger partial charge < -0.3 is 14.0 Å². The molecule has 4 aromatic rings. The van der Waals surface area contributed by atoms with Gasteiger partial charge >= 0.3 is 0 Å². The molecule has 5 nitrogen and oxygen atoms in total. The van der Waals surface area contributed by atoms with Crippen molar-refractivity contribution in [1.29, 1.82) is 0 Å². The Morgan fingerprint density at radius 2 is 1.68 bits per heavy atom. The van der Waals surface area contributed by atoms with Gasteiger partial charge in [-0.05, 0) is 25.5 Å². The Morgan fingerprint density at radius 3 is 2.42 bits per heavy atom. The molecule has 0 saturated carbocycles. The summed E-state index contributed by atoms with van der Waals surface area (Å²) in [5.74, 6) is 0.830. The molecule has 3 aromatic carbocycles. The van der Waals surface area contributed by atoms with Crippen molar-refractivity contribution >= 4 is 16.7 Å². The zero-order valence-corrected chi connectivity index (χ0v) is 17.3. The first-order valence-electron chi connectivity index (χ1n) is 10.1. The van der Waals surface area contributed by atoms with Crippen LogP contribution in [0.15, 0.2) is 71.7 Å². The highest BCUT2D eigenvalue weighted by molar-refractivity contribution is 6.10. The predicted octanol–water partition coefficient (Wildman–Crippen LogP) is 4.63. The molecular formula is C26H21NO4. The van der Waals surface area contributed by atoms with Crippen molar-refractivity contribution < 1.29 is 14.3 Å². The summed E-state index contributed by atoms with van der Waals surface area (Å²) in [4.78, 5) is 26.6. The van der Waals surface area contributed by atoms with Crippen LogP contribution in [-0.4, -0.2) is 17.1 Å². The van der Waals surface area contributed by atoms with Gasteiger partial charge in [0.2, 0.25) is 12.2 Å². The van der Waals surface area contributed by atoms with Crippen LogP contribution in [-0.2, 0) is 6.54 Å². The summed E-state index contributed by atoms with van der Waals surface area (Å²) in [6.45, 7) is 4.64. The van der Waals surface area contributed by atoms with Crippen molar-refractivity contribution in [3.05, 3.63) is 105 Å². The molecular weight excluding hydrogens is 390 g/mol. The van der Waals surface area contributed by atoms with Crippen LogP contribution in [0.2, 0.25) is 0 Å². The maximum atomic E-state index is 13.3. The van der Waals surface area contributed by atoms with E-state index in [1.807, 2.05) is 54.8 Å². The number of ketones is 1. The van der Waals surface area contributed by atoms with Crippen LogP contribution in [0.3, 0.4) is 0 Å². The number of aromatic nitrogens is 1. The minimum absolute atomic E-state index is 0.118. The topological polar surface area (TPSA) is 57.5 Å². The highest BCUT2D eigenvalue weighted by atomic mass is 16.7. The lowest BCUT2D eigenvalue weighted by Gasteiger charge is -2.14. The zero-order chi connectivity index (χ0) is 21.5. The fourth-order valence-electron chi connectivity index (χ4n) is 3.94. The quantitative estimate of drug-likeness (QED) is 0.460. The molecule has 0 N–H and O–H groups in total. The molecule has 0 saturated heterocycles. The minimum Gasteiger partial charge on any atom is -0.454 e. The molecule has 1 aliphatic heterocycles. The van der Waals surface area contributed by atoms with Crippen molar-refractivity contribution in [2.24, 2.45) is 0 Å².